The molecule has 0 aliphatic rings. The summed E-state index contributed by atoms with van der Waals surface area (Å²) in [6.45, 7) is 0. The van der Waals surface area contributed by atoms with Gasteiger partial charge in [-0.3, -0.25) is 4.55 Å². The molecule has 0 bridgehead atoms. The number of pyridine rings is 1. The number of hydrogen-bond donors (Lipinski definition) is 1. The Morgan fingerprint density at radius 1 is 1.38 bits per heavy atom. The molecule has 5 nitrogen and oxygen atoms in total. The third kappa shape index (κ3) is 1.30. The number of hydrogen-bond acceptors (Lipinski definition) is 3. The van der Waals surface area contributed by atoms with Crippen molar-refractivity contribution in [3.05, 3.63) is 30.7 Å². The summed E-state index contributed by atoms with van der Waals surface area (Å²) in [6.07, 6.45) is 2.98. The summed E-state index contributed by atoms with van der Waals surface area (Å²) in [6, 6.07) is 4.98. The first-order valence-electron chi connectivity index (χ1n) is 3.48. The van der Waals surface area contributed by atoms with Gasteiger partial charge in [-0.15, -0.1) is 0 Å². The van der Waals surface area contributed by atoms with Crippen LogP contribution in [0.25, 0.3) is 5.52 Å². The Bertz CT molecular complexity index is 544. The molecule has 0 spiro atoms. The molecule has 1 N–H and O–H groups in total. The highest BCUT2D eigenvalue weighted by Gasteiger charge is 2.16. The molecule has 0 saturated heterocycles. The van der Waals surface area contributed by atoms with E-state index in [0.29, 0.717) is 5.52 Å². The van der Waals surface area contributed by atoms with E-state index in [2.05, 4.69) is 4.98 Å². The lowest BCUT2D eigenvalue weighted by atomic mass is 10.4. The van der Waals surface area contributed by atoms with E-state index in [9.17, 15) is 8.42 Å². The van der Waals surface area contributed by atoms with Gasteiger partial charge < -0.3 is 4.40 Å². The molecule has 0 aliphatic heterocycles. The van der Waals surface area contributed by atoms with Crippen LogP contribution in [0.1, 0.15) is 0 Å². The summed E-state index contributed by atoms with van der Waals surface area (Å²) in [4.78, 5) is 3.59. The van der Waals surface area contributed by atoms with Gasteiger partial charge in [0.05, 0.1) is 5.52 Å². The van der Waals surface area contributed by atoms with E-state index in [4.69, 9.17) is 4.55 Å². The van der Waals surface area contributed by atoms with Crippen molar-refractivity contribution in [2.45, 2.75) is 5.03 Å². The maximum atomic E-state index is 10.8. The van der Waals surface area contributed by atoms with Gasteiger partial charge in [0, 0.05) is 6.20 Å². The van der Waals surface area contributed by atoms with Crippen LogP contribution in [0.5, 0.6) is 0 Å². The first-order chi connectivity index (χ1) is 6.09. The third-order valence-corrected chi connectivity index (χ3v) is 2.46. The highest BCUT2D eigenvalue weighted by molar-refractivity contribution is 7.86. The van der Waals surface area contributed by atoms with Gasteiger partial charge >= 0.3 is 10.1 Å². The van der Waals surface area contributed by atoms with Crippen LogP contribution < -0.4 is 0 Å². The molecule has 68 valence electrons. The molecular formula is C7H6N2O3S. The molecular weight excluding hydrogens is 192 g/mol. The standard InChI is InChI=1S/C7H6N2O3S/c10-13(11,12)7-6-3-1-2-4-9(6)5-8-7/h1-5H,(H,10,11,12). The third-order valence-electron chi connectivity index (χ3n) is 1.65. The molecule has 2 aromatic rings. The van der Waals surface area contributed by atoms with Gasteiger partial charge in [0.15, 0.2) is 0 Å². The number of rotatable bonds is 1. The Kier molecular flexibility index (Phi) is 1.61. The Balaban J connectivity index is 2.87. The molecule has 6 heteroatoms. The zero-order valence-electron chi connectivity index (χ0n) is 6.45. The Morgan fingerprint density at radius 2 is 2.15 bits per heavy atom. The van der Waals surface area contributed by atoms with Crippen LogP contribution in [-0.2, 0) is 10.1 Å². The largest absolute Gasteiger partial charge is 0.314 e. The average Bonchev–Trinajstić information content (AvgIpc) is 2.45. The molecule has 0 radical (unpaired) electrons. The van der Waals surface area contributed by atoms with E-state index in [1.165, 1.54) is 10.7 Å². The highest BCUT2D eigenvalue weighted by Crippen LogP contribution is 2.13. The molecule has 0 amide bonds. The van der Waals surface area contributed by atoms with Gasteiger partial charge in [-0.05, 0) is 12.1 Å². The summed E-state index contributed by atoms with van der Waals surface area (Å²) in [5.74, 6) is 0. The van der Waals surface area contributed by atoms with Gasteiger partial charge in [-0.25, -0.2) is 4.98 Å². The second kappa shape index (κ2) is 2.54. The molecule has 0 aliphatic carbocycles. The van der Waals surface area contributed by atoms with Crippen molar-refractivity contribution in [1.29, 1.82) is 0 Å². The lowest BCUT2D eigenvalue weighted by molar-refractivity contribution is 0.481. The van der Waals surface area contributed by atoms with E-state index in [1.54, 1.807) is 24.4 Å². The molecule has 2 heterocycles. The van der Waals surface area contributed by atoms with Crippen LogP contribution >= 0.6 is 0 Å². The molecule has 0 saturated carbocycles. The maximum Gasteiger partial charge on any atom is 0.314 e. The molecule has 0 fully saturated rings. The molecule has 0 atom stereocenters. The fourth-order valence-corrected chi connectivity index (χ4v) is 1.74. The lowest BCUT2D eigenvalue weighted by Crippen LogP contribution is -1.98. The minimum Gasteiger partial charge on any atom is -0.305 e. The van der Waals surface area contributed by atoms with Crippen molar-refractivity contribution in [3.8, 4) is 0 Å². The molecule has 13 heavy (non-hydrogen) atoms. The van der Waals surface area contributed by atoms with Crippen LogP contribution in [-0.4, -0.2) is 22.4 Å². The van der Waals surface area contributed by atoms with Crippen LogP contribution in [0.3, 0.4) is 0 Å². The summed E-state index contributed by atoms with van der Waals surface area (Å²) >= 11 is 0. The minimum atomic E-state index is -4.22. The molecule has 2 aromatic heterocycles. The summed E-state index contributed by atoms with van der Waals surface area (Å²) < 4.78 is 31.9. The van der Waals surface area contributed by atoms with E-state index in [-0.39, 0.29) is 5.03 Å². The number of imidazole rings is 1. The average molecular weight is 198 g/mol. The first kappa shape index (κ1) is 8.21. The predicted octanol–water partition coefficient (Wildman–Crippen LogP) is 0.581. The summed E-state index contributed by atoms with van der Waals surface area (Å²) in [7, 11) is -4.22. The smallest absolute Gasteiger partial charge is 0.305 e. The second-order valence-electron chi connectivity index (χ2n) is 2.52. The normalized spacial score (nSPS) is 12.1. The molecule has 0 aromatic carbocycles. The second-order valence-corrected chi connectivity index (χ2v) is 3.85. The zero-order valence-corrected chi connectivity index (χ0v) is 7.27. The van der Waals surface area contributed by atoms with Crippen LogP contribution in [0.15, 0.2) is 35.7 Å². The lowest BCUT2D eigenvalue weighted by Gasteiger charge is -1.92. The summed E-state index contributed by atoms with van der Waals surface area (Å²) in [5, 5.41) is -0.312. The summed E-state index contributed by atoms with van der Waals surface area (Å²) in [5.41, 5.74) is 0.366. The number of nitrogens with zero attached hydrogens (tertiary/aromatic N) is 2. The van der Waals surface area contributed by atoms with E-state index < -0.39 is 10.1 Å². The Labute approximate surface area is 74.4 Å². The Morgan fingerprint density at radius 3 is 2.85 bits per heavy atom. The predicted molar refractivity (Wildman–Crippen MR) is 45.0 cm³/mol. The van der Waals surface area contributed by atoms with Crippen molar-refractivity contribution in [2.75, 3.05) is 0 Å². The maximum absolute atomic E-state index is 10.8. The minimum absolute atomic E-state index is 0.312. The fraction of sp³-hybridized carbons (Fsp3) is 0. The SMILES string of the molecule is O=S(=O)(O)c1ncn2ccccc12. The van der Waals surface area contributed by atoms with Gasteiger partial charge in [-0.1, -0.05) is 6.07 Å². The van der Waals surface area contributed by atoms with Gasteiger partial charge in [0.2, 0.25) is 5.03 Å². The Hall–Kier alpha value is -1.40. The van der Waals surface area contributed by atoms with Crippen molar-refractivity contribution >= 4 is 15.6 Å². The number of fused-ring (bicyclic) bond motifs is 1. The molecule has 0 unspecified atom stereocenters. The topological polar surface area (TPSA) is 71.7 Å². The zero-order chi connectivity index (χ0) is 9.47. The van der Waals surface area contributed by atoms with Gasteiger partial charge in [0.1, 0.15) is 6.33 Å². The first-order valence-corrected chi connectivity index (χ1v) is 4.92. The van der Waals surface area contributed by atoms with Gasteiger partial charge in [0.25, 0.3) is 0 Å². The highest BCUT2D eigenvalue weighted by atomic mass is 32.2. The van der Waals surface area contributed by atoms with Crippen molar-refractivity contribution in [1.82, 2.24) is 9.38 Å². The van der Waals surface area contributed by atoms with E-state index >= 15 is 0 Å². The van der Waals surface area contributed by atoms with E-state index in [1.807, 2.05) is 0 Å². The quantitative estimate of drug-likeness (QED) is 0.680. The van der Waals surface area contributed by atoms with Crippen LogP contribution in [0.2, 0.25) is 0 Å². The van der Waals surface area contributed by atoms with Crippen LogP contribution in [0, 0.1) is 0 Å². The van der Waals surface area contributed by atoms with Crippen molar-refractivity contribution in [2.24, 2.45) is 0 Å². The van der Waals surface area contributed by atoms with Crippen LogP contribution in [0.4, 0.5) is 0 Å². The van der Waals surface area contributed by atoms with Gasteiger partial charge in [-0.2, -0.15) is 8.42 Å². The van der Waals surface area contributed by atoms with Crippen molar-refractivity contribution in [3.63, 3.8) is 0 Å². The van der Waals surface area contributed by atoms with E-state index in [0.717, 1.165) is 0 Å². The monoisotopic (exact) mass is 198 g/mol. The molecule has 2 rings (SSSR count). The van der Waals surface area contributed by atoms with Crippen molar-refractivity contribution < 1.29 is 13.0 Å². The fourth-order valence-electron chi connectivity index (χ4n) is 1.12. The number of aromatic nitrogens is 2.